The van der Waals surface area contributed by atoms with Crippen LogP contribution in [0.5, 0.6) is 0 Å². The number of aldehydes is 2. The van der Waals surface area contributed by atoms with Crippen molar-refractivity contribution in [2.45, 2.75) is 25.7 Å². The highest BCUT2D eigenvalue weighted by Crippen LogP contribution is 2.29. The second kappa shape index (κ2) is 12.6. The number of aromatic nitrogens is 4. The highest BCUT2D eigenvalue weighted by atomic mass is 16.1. The summed E-state index contributed by atoms with van der Waals surface area (Å²) >= 11 is 0. The summed E-state index contributed by atoms with van der Waals surface area (Å²) in [6, 6.07) is 40.1. The van der Waals surface area contributed by atoms with Crippen LogP contribution in [0.4, 0.5) is 0 Å². The molecular weight excluding hydrogens is 592 g/mol. The van der Waals surface area contributed by atoms with Gasteiger partial charge >= 0.3 is 0 Å². The Morgan fingerprint density at radius 3 is 1.08 bits per heavy atom. The minimum absolute atomic E-state index is 0.646. The van der Waals surface area contributed by atoms with Gasteiger partial charge in [-0.3, -0.25) is 19.6 Å². The number of hydrogen-bond donors (Lipinski definition) is 0. The second-order valence-corrected chi connectivity index (χ2v) is 12.1. The zero-order valence-corrected chi connectivity index (χ0v) is 26.1. The molecule has 0 aliphatic carbocycles. The number of unbranched alkanes of at least 4 members (excludes halogenated alkanes) is 1. The molecule has 0 unspecified atom stereocenters. The molecule has 0 fully saturated rings. The van der Waals surface area contributed by atoms with Crippen LogP contribution in [0.1, 0.15) is 44.9 Å². The molecule has 48 heavy (non-hydrogen) atoms. The van der Waals surface area contributed by atoms with Gasteiger partial charge in [-0.25, -0.2) is 9.97 Å². The Kier molecular flexibility index (Phi) is 7.67. The van der Waals surface area contributed by atoms with Crippen LogP contribution in [0, 0.1) is 0 Å². The molecule has 230 valence electrons. The number of carbonyl (C=O) groups is 2. The van der Waals surface area contributed by atoms with E-state index in [1.807, 2.05) is 60.7 Å². The summed E-state index contributed by atoms with van der Waals surface area (Å²) in [5.74, 6) is 0. The summed E-state index contributed by atoms with van der Waals surface area (Å²) in [4.78, 5) is 42.4. The molecule has 0 saturated carbocycles. The van der Waals surface area contributed by atoms with Gasteiger partial charge in [0.25, 0.3) is 0 Å². The topological polar surface area (TPSA) is 85.7 Å². The Hall–Kier alpha value is -6.14. The van der Waals surface area contributed by atoms with Crippen molar-refractivity contribution in [1.29, 1.82) is 0 Å². The minimum Gasteiger partial charge on any atom is -0.298 e. The van der Waals surface area contributed by atoms with E-state index in [-0.39, 0.29) is 0 Å². The average molecular weight is 623 g/mol. The molecule has 0 atom stereocenters. The largest absolute Gasteiger partial charge is 0.298 e. The molecule has 4 aromatic carbocycles. The predicted octanol–water partition coefficient (Wildman–Crippen LogP) is 9.40. The zero-order valence-electron chi connectivity index (χ0n) is 26.1. The van der Waals surface area contributed by atoms with Crippen LogP contribution in [0.25, 0.3) is 66.1 Å². The lowest BCUT2D eigenvalue weighted by Gasteiger charge is -2.09. The van der Waals surface area contributed by atoms with Gasteiger partial charge in [0.05, 0.1) is 33.5 Å². The molecule has 0 bridgehead atoms. The zero-order chi connectivity index (χ0) is 32.5. The Bertz CT molecular complexity index is 2310. The van der Waals surface area contributed by atoms with Gasteiger partial charge in [-0.15, -0.1) is 0 Å². The molecule has 4 heterocycles. The van der Waals surface area contributed by atoms with E-state index in [0.29, 0.717) is 11.1 Å². The van der Waals surface area contributed by atoms with Crippen LogP contribution in [-0.2, 0) is 12.8 Å². The van der Waals surface area contributed by atoms with E-state index in [1.165, 1.54) is 0 Å². The lowest BCUT2D eigenvalue weighted by atomic mass is 10.0. The first-order valence-electron chi connectivity index (χ1n) is 16.2. The van der Waals surface area contributed by atoms with Crippen LogP contribution in [0.3, 0.4) is 0 Å². The number of rotatable bonds is 9. The number of carbonyl (C=O) groups excluding carboxylic acids is 2. The maximum Gasteiger partial charge on any atom is 0.150 e. The Labute approximate surface area is 277 Å². The molecule has 0 spiro atoms. The van der Waals surface area contributed by atoms with Gasteiger partial charge in [-0.1, -0.05) is 97.1 Å². The van der Waals surface area contributed by atoms with Crippen LogP contribution < -0.4 is 0 Å². The molecule has 6 heteroatoms. The molecule has 6 nitrogen and oxygen atoms in total. The van der Waals surface area contributed by atoms with Crippen LogP contribution in [0.2, 0.25) is 0 Å². The van der Waals surface area contributed by atoms with Crippen LogP contribution in [-0.4, -0.2) is 32.5 Å². The number of nitrogens with zero attached hydrogens (tertiary/aromatic N) is 4. The SMILES string of the molecule is O=Cc1ccc(-c2ccc3ccc4ccc(CCCCc5ccc6ccc7ccc(-c8ccc(C=O)cc8)nc7c6n5)nc4c3n2)cc1. The average Bonchev–Trinajstić information content (AvgIpc) is 3.16. The van der Waals surface area contributed by atoms with Gasteiger partial charge in [-0.2, -0.15) is 0 Å². The van der Waals surface area contributed by atoms with Crippen molar-refractivity contribution in [3.63, 3.8) is 0 Å². The molecule has 0 saturated heterocycles. The summed E-state index contributed by atoms with van der Waals surface area (Å²) < 4.78 is 0. The molecule has 8 rings (SSSR count). The van der Waals surface area contributed by atoms with E-state index in [0.717, 1.165) is 116 Å². The van der Waals surface area contributed by atoms with Crippen molar-refractivity contribution in [2.24, 2.45) is 0 Å². The molecule has 0 N–H and O–H groups in total. The van der Waals surface area contributed by atoms with Crippen molar-refractivity contribution in [3.8, 4) is 22.5 Å². The first kappa shape index (κ1) is 29.3. The molecule has 4 aromatic heterocycles. The molecule has 0 aliphatic heterocycles. The summed E-state index contributed by atoms with van der Waals surface area (Å²) in [7, 11) is 0. The van der Waals surface area contributed by atoms with Crippen molar-refractivity contribution in [2.75, 3.05) is 0 Å². The number of aryl methyl sites for hydroxylation is 2. The van der Waals surface area contributed by atoms with Crippen LogP contribution in [0.15, 0.2) is 121 Å². The van der Waals surface area contributed by atoms with Crippen LogP contribution >= 0.6 is 0 Å². The molecule has 8 aromatic rings. The van der Waals surface area contributed by atoms with Gasteiger partial charge in [0.2, 0.25) is 0 Å². The summed E-state index contributed by atoms with van der Waals surface area (Å²) in [6.45, 7) is 0. The number of pyridine rings is 4. The Morgan fingerprint density at radius 2 is 0.708 bits per heavy atom. The van der Waals surface area contributed by atoms with E-state index >= 15 is 0 Å². The summed E-state index contributed by atoms with van der Waals surface area (Å²) in [5, 5.41) is 4.23. The lowest BCUT2D eigenvalue weighted by molar-refractivity contribution is 0.111. The summed E-state index contributed by atoms with van der Waals surface area (Å²) in [6.07, 6.45) is 5.40. The third kappa shape index (κ3) is 5.69. The fourth-order valence-electron chi connectivity index (χ4n) is 6.29. The van der Waals surface area contributed by atoms with Gasteiger partial charge in [0.1, 0.15) is 12.6 Å². The van der Waals surface area contributed by atoms with Crippen molar-refractivity contribution in [1.82, 2.24) is 19.9 Å². The van der Waals surface area contributed by atoms with Crippen molar-refractivity contribution in [3.05, 3.63) is 144 Å². The highest BCUT2D eigenvalue weighted by Gasteiger charge is 2.10. The number of fused-ring (bicyclic) bond motifs is 6. The maximum absolute atomic E-state index is 11.1. The Morgan fingerprint density at radius 1 is 0.375 bits per heavy atom. The van der Waals surface area contributed by atoms with Gasteiger partial charge in [0, 0.05) is 55.2 Å². The fourth-order valence-corrected chi connectivity index (χ4v) is 6.29. The number of hydrogen-bond acceptors (Lipinski definition) is 6. The van der Waals surface area contributed by atoms with E-state index in [4.69, 9.17) is 19.9 Å². The highest BCUT2D eigenvalue weighted by molar-refractivity contribution is 6.04. The molecular formula is C42H30N4O2. The quantitative estimate of drug-likeness (QED) is 0.0906. The lowest BCUT2D eigenvalue weighted by Crippen LogP contribution is -1.96. The monoisotopic (exact) mass is 622 g/mol. The third-order valence-corrected chi connectivity index (χ3v) is 8.96. The van der Waals surface area contributed by atoms with Gasteiger partial charge in [0.15, 0.2) is 0 Å². The maximum atomic E-state index is 11.1. The standard InChI is InChI=1S/C42H30N4O2/c47-25-27-5-9-29(10-6-27)37-23-19-33-15-13-31-17-21-35(43-39(31)41(33)45-37)3-1-2-4-36-22-18-32-14-16-34-20-24-38(46-42(34)40(32)44-36)30-11-7-28(26-48)8-12-30/h5-26H,1-4H2. The summed E-state index contributed by atoms with van der Waals surface area (Å²) in [5.41, 5.74) is 10.6. The third-order valence-electron chi connectivity index (χ3n) is 8.96. The van der Waals surface area contributed by atoms with E-state index in [2.05, 4.69) is 60.7 Å². The van der Waals surface area contributed by atoms with E-state index in [1.54, 1.807) is 0 Å². The fraction of sp³-hybridized carbons (Fsp3) is 0.0952. The smallest absolute Gasteiger partial charge is 0.150 e. The second-order valence-electron chi connectivity index (χ2n) is 12.1. The first-order chi connectivity index (χ1) is 23.6. The Balaban J connectivity index is 1.00. The minimum atomic E-state index is 0.646. The van der Waals surface area contributed by atoms with Crippen molar-refractivity contribution >= 4 is 56.2 Å². The molecule has 0 radical (unpaired) electrons. The van der Waals surface area contributed by atoms with E-state index < -0.39 is 0 Å². The van der Waals surface area contributed by atoms with E-state index in [9.17, 15) is 9.59 Å². The predicted molar refractivity (Wildman–Crippen MR) is 192 cm³/mol. The van der Waals surface area contributed by atoms with Crippen molar-refractivity contribution < 1.29 is 9.59 Å². The van der Waals surface area contributed by atoms with Gasteiger partial charge < -0.3 is 0 Å². The number of benzene rings is 4. The normalized spacial score (nSPS) is 11.4. The molecule has 0 aliphatic rings. The van der Waals surface area contributed by atoms with Gasteiger partial charge in [-0.05, 0) is 49.9 Å². The molecule has 0 amide bonds. The first-order valence-corrected chi connectivity index (χ1v) is 16.2.